The summed E-state index contributed by atoms with van der Waals surface area (Å²) in [4.78, 5) is 39.9. The van der Waals surface area contributed by atoms with Crippen molar-refractivity contribution in [2.45, 2.75) is 13.5 Å². The molecule has 0 aliphatic heterocycles. The monoisotopic (exact) mass is 375 g/mol. The number of nitrogens with zero attached hydrogens (tertiary/aromatic N) is 3. The highest BCUT2D eigenvalue weighted by Gasteiger charge is 2.11. The van der Waals surface area contributed by atoms with Crippen molar-refractivity contribution in [2.75, 3.05) is 5.32 Å². The minimum Gasteiger partial charge on any atom is -0.324 e. The molecule has 0 aliphatic rings. The van der Waals surface area contributed by atoms with Gasteiger partial charge in [-0.1, -0.05) is 18.2 Å². The first-order valence-electron chi connectivity index (χ1n) is 8.66. The largest absolute Gasteiger partial charge is 0.324 e. The van der Waals surface area contributed by atoms with E-state index < -0.39 is 17.0 Å². The fourth-order valence-electron chi connectivity index (χ4n) is 3.11. The maximum Gasteiger partial charge on any atom is 0.265 e. The standard InChI is InChI=1S/C20H17N5O3/c1-13-21-16-11-14(7-8-17(16)25(13)15-5-3-2-4-6-15)22-19(27)12-24-20(28)10-9-18(26)23-24/h2-11H,12H2,1H3,(H,22,27)(H,23,26). The van der Waals surface area contributed by atoms with Crippen LogP contribution in [0.5, 0.6) is 0 Å². The molecule has 0 spiro atoms. The highest BCUT2D eigenvalue weighted by Crippen LogP contribution is 2.24. The molecule has 0 fully saturated rings. The Morgan fingerprint density at radius 1 is 1.07 bits per heavy atom. The van der Waals surface area contributed by atoms with Crippen molar-refractivity contribution in [1.29, 1.82) is 0 Å². The number of anilines is 1. The number of imidazole rings is 1. The third kappa shape index (κ3) is 3.35. The van der Waals surface area contributed by atoms with Crippen LogP contribution in [0.3, 0.4) is 0 Å². The quantitative estimate of drug-likeness (QED) is 0.568. The van der Waals surface area contributed by atoms with Gasteiger partial charge in [-0.3, -0.25) is 24.0 Å². The Kier molecular flexibility index (Phi) is 4.36. The number of H-pyrrole nitrogens is 1. The normalized spacial score (nSPS) is 10.9. The Morgan fingerprint density at radius 2 is 1.86 bits per heavy atom. The lowest BCUT2D eigenvalue weighted by molar-refractivity contribution is -0.117. The fourth-order valence-corrected chi connectivity index (χ4v) is 3.11. The van der Waals surface area contributed by atoms with Crippen molar-refractivity contribution in [1.82, 2.24) is 19.3 Å². The summed E-state index contributed by atoms with van der Waals surface area (Å²) in [5.74, 6) is 0.403. The van der Waals surface area contributed by atoms with Gasteiger partial charge in [0.2, 0.25) is 5.91 Å². The van der Waals surface area contributed by atoms with Gasteiger partial charge in [0.15, 0.2) is 0 Å². The minimum absolute atomic E-state index is 0.287. The van der Waals surface area contributed by atoms with Crippen LogP contribution in [0.1, 0.15) is 5.82 Å². The fraction of sp³-hybridized carbons (Fsp3) is 0.100. The first-order valence-corrected chi connectivity index (χ1v) is 8.66. The average molecular weight is 375 g/mol. The van der Waals surface area contributed by atoms with Crippen LogP contribution in [-0.2, 0) is 11.3 Å². The van der Waals surface area contributed by atoms with Crippen molar-refractivity contribution in [2.24, 2.45) is 0 Å². The third-order valence-corrected chi connectivity index (χ3v) is 4.31. The second-order valence-corrected chi connectivity index (χ2v) is 6.32. The topological polar surface area (TPSA) is 102 Å². The van der Waals surface area contributed by atoms with E-state index in [2.05, 4.69) is 15.4 Å². The minimum atomic E-state index is -0.456. The number of aromatic nitrogens is 4. The van der Waals surface area contributed by atoms with E-state index in [1.807, 2.05) is 47.9 Å². The number of hydrogen-bond acceptors (Lipinski definition) is 4. The molecule has 2 aromatic heterocycles. The molecule has 2 heterocycles. The lowest BCUT2D eigenvalue weighted by atomic mass is 10.2. The zero-order valence-electron chi connectivity index (χ0n) is 15.0. The number of hydrogen-bond donors (Lipinski definition) is 2. The van der Waals surface area contributed by atoms with Gasteiger partial charge in [-0.05, 0) is 37.3 Å². The molecule has 1 amide bonds. The Hall–Kier alpha value is -3.94. The highest BCUT2D eigenvalue weighted by molar-refractivity contribution is 5.93. The second-order valence-electron chi connectivity index (χ2n) is 6.32. The van der Waals surface area contributed by atoms with Gasteiger partial charge in [0.1, 0.15) is 12.4 Å². The number of benzene rings is 2. The van der Waals surface area contributed by atoms with Gasteiger partial charge in [-0.25, -0.2) is 9.67 Å². The Balaban J connectivity index is 1.60. The Bertz CT molecular complexity index is 1280. The molecule has 2 N–H and O–H groups in total. The molecule has 0 bridgehead atoms. The summed E-state index contributed by atoms with van der Waals surface area (Å²) >= 11 is 0. The zero-order chi connectivity index (χ0) is 19.7. The molecule has 0 radical (unpaired) electrons. The summed E-state index contributed by atoms with van der Waals surface area (Å²) in [6.07, 6.45) is 0. The zero-order valence-corrected chi connectivity index (χ0v) is 15.0. The molecule has 8 heteroatoms. The summed E-state index contributed by atoms with van der Waals surface area (Å²) in [5, 5.41) is 5.05. The van der Waals surface area contributed by atoms with Gasteiger partial charge in [0.05, 0.1) is 11.0 Å². The summed E-state index contributed by atoms with van der Waals surface area (Å²) < 4.78 is 3.00. The van der Waals surface area contributed by atoms with Crippen LogP contribution in [-0.4, -0.2) is 25.2 Å². The van der Waals surface area contributed by atoms with Crippen molar-refractivity contribution in [3.63, 3.8) is 0 Å². The van der Waals surface area contributed by atoms with Gasteiger partial charge >= 0.3 is 0 Å². The molecular formula is C20H17N5O3. The van der Waals surface area contributed by atoms with E-state index in [0.29, 0.717) is 5.69 Å². The summed E-state index contributed by atoms with van der Waals surface area (Å²) in [7, 11) is 0. The maximum atomic E-state index is 12.3. The van der Waals surface area contributed by atoms with Gasteiger partial charge in [-0.2, -0.15) is 0 Å². The number of fused-ring (bicyclic) bond motifs is 1. The van der Waals surface area contributed by atoms with Crippen LogP contribution in [0.15, 0.2) is 70.3 Å². The van der Waals surface area contributed by atoms with E-state index in [-0.39, 0.29) is 6.54 Å². The van der Waals surface area contributed by atoms with Crippen molar-refractivity contribution < 1.29 is 4.79 Å². The van der Waals surface area contributed by atoms with E-state index in [4.69, 9.17) is 0 Å². The number of aromatic amines is 1. The van der Waals surface area contributed by atoms with E-state index in [9.17, 15) is 14.4 Å². The molecule has 28 heavy (non-hydrogen) atoms. The van der Waals surface area contributed by atoms with Gasteiger partial charge < -0.3 is 5.32 Å². The van der Waals surface area contributed by atoms with Crippen molar-refractivity contribution >= 4 is 22.6 Å². The molecule has 0 atom stereocenters. The molecule has 2 aromatic carbocycles. The first-order chi connectivity index (χ1) is 13.5. The van der Waals surface area contributed by atoms with Crippen LogP contribution in [0.4, 0.5) is 5.69 Å². The van der Waals surface area contributed by atoms with Gasteiger partial charge in [-0.15, -0.1) is 0 Å². The number of carbonyl (C=O) groups is 1. The molecule has 8 nitrogen and oxygen atoms in total. The molecule has 0 unspecified atom stereocenters. The number of para-hydroxylation sites is 1. The molecule has 0 saturated carbocycles. The van der Waals surface area contributed by atoms with E-state index in [0.717, 1.165) is 39.4 Å². The summed E-state index contributed by atoms with van der Waals surface area (Å²) in [5.41, 5.74) is 2.32. The predicted octanol–water partition coefficient (Wildman–Crippen LogP) is 1.82. The summed E-state index contributed by atoms with van der Waals surface area (Å²) in [6.45, 7) is 1.63. The number of amides is 1. The van der Waals surface area contributed by atoms with E-state index >= 15 is 0 Å². The van der Waals surface area contributed by atoms with Crippen LogP contribution < -0.4 is 16.4 Å². The van der Waals surface area contributed by atoms with Crippen LogP contribution in [0, 0.1) is 6.92 Å². The SMILES string of the molecule is Cc1nc2cc(NC(=O)Cn3[nH]c(=O)ccc3=O)ccc2n1-c1ccccc1. The molecule has 4 rings (SSSR count). The molecule has 0 aliphatic carbocycles. The maximum absolute atomic E-state index is 12.3. The van der Waals surface area contributed by atoms with E-state index in [1.54, 1.807) is 12.1 Å². The van der Waals surface area contributed by atoms with E-state index in [1.165, 1.54) is 0 Å². The number of aryl methyl sites for hydroxylation is 1. The van der Waals surface area contributed by atoms with Crippen molar-refractivity contribution in [3.05, 3.63) is 87.2 Å². The molecule has 140 valence electrons. The smallest absolute Gasteiger partial charge is 0.265 e. The Labute approximate surface area is 159 Å². The lowest BCUT2D eigenvalue weighted by Crippen LogP contribution is -2.32. The molecule has 0 saturated heterocycles. The lowest BCUT2D eigenvalue weighted by Gasteiger charge is -2.08. The average Bonchev–Trinajstić information content (AvgIpc) is 3.00. The van der Waals surface area contributed by atoms with Crippen LogP contribution >= 0.6 is 0 Å². The molecular weight excluding hydrogens is 358 g/mol. The summed E-state index contributed by atoms with van der Waals surface area (Å²) in [6, 6.07) is 17.6. The van der Waals surface area contributed by atoms with Crippen molar-refractivity contribution in [3.8, 4) is 5.69 Å². The van der Waals surface area contributed by atoms with Gasteiger partial charge in [0, 0.05) is 23.5 Å². The third-order valence-electron chi connectivity index (χ3n) is 4.31. The molecule has 4 aromatic rings. The number of rotatable bonds is 4. The number of nitrogens with one attached hydrogen (secondary N) is 2. The van der Waals surface area contributed by atoms with Crippen LogP contribution in [0.2, 0.25) is 0 Å². The number of carbonyl (C=O) groups excluding carboxylic acids is 1. The first kappa shape index (κ1) is 17.5. The highest BCUT2D eigenvalue weighted by atomic mass is 16.2. The predicted molar refractivity (Wildman–Crippen MR) is 106 cm³/mol. The van der Waals surface area contributed by atoms with Crippen LogP contribution in [0.25, 0.3) is 16.7 Å². The Morgan fingerprint density at radius 3 is 2.64 bits per heavy atom. The van der Waals surface area contributed by atoms with Gasteiger partial charge in [0.25, 0.3) is 11.1 Å². The second kappa shape index (κ2) is 6.99.